The monoisotopic (exact) mass is 241 g/mol. The van der Waals surface area contributed by atoms with Gasteiger partial charge in [-0.25, -0.2) is 4.79 Å². The van der Waals surface area contributed by atoms with Crippen molar-refractivity contribution in [2.24, 2.45) is 10.7 Å². The number of hydrogen-bond acceptors (Lipinski definition) is 2. The Balaban J connectivity index is 1.80. The van der Waals surface area contributed by atoms with Crippen LogP contribution in [0.2, 0.25) is 0 Å². The summed E-state index contributed by atoms with van der Waals surface area (Å²) in [6, 6.07) is 8.57. The molecule has 2 N–H and O–H groups in total. The first kappa shape index (κ1) is 10.1. The van der Waals surface area contributed by atoms with Gasteiger partial charge >= 0.3 is 6.03 Å². The first-order valence-electron chi connectivity index (χ1n) is 6.45. The molecule has 4 heteroatoms. The summed E-state index contributed by atoms with van der Waals surface area (Å²) in [4.78, 5) is 18.0. The van der Waals surface area contributed by atoms with E-state index in [0.29, 0.717) is 11.9 Å². The number of benzene rings is 1. The first-order valence-corrected chi connectivity index (χ1v) is 6.45. The molecular weight excluding hydrogens is 226 g/mol. The Morgan fingerprint density at radius 2 is 1.83 bits per heavy atom. The Hall–Kier alpha value is -1.84. The van der Waals surface area contributed by atoms with Gasteiger partial charge in [-0.3, -0.25) is 0 Å². The number of amides is 2. The van der Waals surface area contributed by atoms with E-state index in [1.807, 2.05) is 17.0 Å². The largest absolute Gasteiger partial charge is 0.385 e. The third-order valence-electron chi connectivity index (χ3n) is 4.36. The fourth-order valence-corrected chi connectivity index (χ4v) is 3.35. The Morgan fingerprint density at radius 3 is 2.39 bits per heavy atom. The van der Waals surface area contributed by atoms with Crippen LogP contribution >= 0.6 is 0 Å². The molecule has 1 aromatic rings. The second-order valence-electron chi connectivity index (χ2n) is 5.53. The maximum absolute atomic E-state index is 12.0. The van der Waals surface area contributed by atoms with Crippen LogP contribution in [0.1, 0.15) is 24.0 Å². The van der Waals surface area contributed by atoms with Crippen molar-refractivity contribution in [2.45, 2.75) is 37.3 Å². The summed E-state index contributed by atoms with van der Waals surface area (Å²) in [6.07, 6.45) is 3.82. The van der Waals surface area contributed by atoms with Crippen molar-refractivity contribution in [1.29, 1.82) is 0 Å². The number of rotatable bonds is 1. The van der Waals surface area contributed by atoms with E-state index in [-0.39, 0.29) is 11.6 Å². The molecule has 1 spiro atoms. The van der Waals surface area contributed by atoms with E-state index in [2.05, 4.69) is 17.1 Å². The van der Waals surface area contributed by atoms with E-state index < -0.39 is 0 Å². The molecule has 4 rings (SSSR count). The van der Waals surface area contributed by atoms with Crippen molar-refractivity contribution in [3.8, 4) is 0 Å². The molecule has 2 amide bonds. The zero-order chi connectivity index (χ0) is 12.3. The topological polar surface area (TPSA) is 58.7 Å². The highest BCUT2D eigenvalue weighted by atomic mass is 16.2. The molecule has 0 aromatic heterocycles. The SMILES string of the molecule is NC1=NC(=O)N(C2CC2)C12Cc1ccccc1C2. The molecule has 0 saturated heterocycles. The smallest absolute Gasteiger partial charge is 0.346 e. The van der Waals surface area contributed by atoms with Crippen LogP contribution in [0.3, 0.4) is 0 Å². The summed E-state index contributed by atoms with van der Waals surface area (Å²) in [5.41, 5.74) is 8.33. The number of nitrogens with two attached hydrogens (primary N) is 1. The summed E-state index contributed by atoms with van der Waals surface area (Å²) in [5.74, 6) is 0.510. The van der Waals surface area contributed by atoms with E-state index >= 15 is 0 Å². The quantitative estimate of drug-likeness (QED) is 0.809. The van der Waals surface area contributed by atoms with E-state index in [4.69, 9.17) is 5.73 Å². The maximum Gasteiger partial charge on any atom is 0.346 e. The lowest BCUT2D eigenvalue weighted by Crippen LogP contribution is -2.55. The fourth-order valence-electron chi connectivity index (χ4n) is 3.35. The first-order chi connectivity index (χ1) is 8.71. The lowest BCUT2D eigenvalue weighted by atomic mass is 9.93. The number of amidine groups is 1. The molecule has 1 fully saturated rings. The molecule has 1 heterocycles. The molecule has 0 unspecified atom stereocenters. The van der Waals surface area contributed by atoms with Crippen LogP contribution in [0.4, 0.5) is 4.79 Å². The molecule has 1 aliphatic heterocycles. The van der Waals surface area contributed by atoms with Gasteiger partial charge in [0.05, 0.1) is 0 Å². The molecule has 1 saturated carbocycles. The van der Waals surface area contributed by atoms with Crippen molar-refractivity contribution >= 4 is 11.9 Å². The summed E-state index contributed by atoms with van der Waals surface area (Å²) in [5, 5.41) is 0. The summed E-state index contributed by atoms with van der Waals surface area (Å²) < 4.78 is 0. The number of aliphatic imine (C=N–C) groups is 1. The predicted molar refractivity (Wildman–Crippen MR) is 68.5 cm³/mol. The predicted octanol–water partition coefficient (Wildman–Crippen LogP) is 1.48. The summed E-state index contributed by atoms with van der Waals surface area (Å²) in [7, 11) is 0. The van der Waals surface area contributed by atoms with Crippen LogP contribution in [0, 0.1) is 0 Å². The van der Waals surface area contributed by atoms with Crippen molar-refractivity contribution in [2.75, 3.05) is 0 Å². The average molecular weight is 241 g/mol. The number of carbonyl (C=O) groups excluding carboxylic acids is 1. The molecule has 0 bridgehead atoms. The van der Waals surface area contributed by atoms with Crippen LogP contribution in [-0.2, 0) is 12.8 Å². The van der Waals surface area contributed by atoms with Crippen LogP contribution < -0.4 is 5.73 Å². The summed E-state index contributed by atoms with van der Waals surface area (Å²) in [6.45, 7) is 0. The van der Waals surface area contributed by atoms with Gasteiger partial charge in [0.2, 0.25) is 0 Å². The highest BCUT2D eigenvalue weighted by molar-refractivity contribution is 6.07. The fraction of sp³-hybridized carbons (Fsp3) is 0.429. The molecule has 0 atom stereocenters. The van der Waals surface area contributed by atoms with E-state index in [1.165, 1.54) is 11.1 Å². The highest BCUT2D eigenvalue weighted by Gasteiger charge is 2.56. The lowest BCUT2D eigenvalue weighted by Gasteiger charge is -2.34. The van der Waals surface area contributed by atoms with E-state index in [0.717, 1.165) is 25.7 Å². The van der Waals surface area contributed by atoms with Crippen LogP contribution in [-0.4, -0.2) is 28.3 Å². The number of urea groups is 1. The molecule has 92 valence electrons. The van der Waals surface area contributed by atoms with E-state index in [9.17, 15) is 4.79 Å². The van der Waals surface area contributed by atoms with Crippen molar-refractivity contribution in [3.63, 3.8) is 0 Å². The Kier molecular flexibility index (Phi) is 1.76. The highest BCUT2D eigenvalue weighted by Crippen LogP contribution is 2.44. The maximum atomic E-state index is 12.0. The standard InChI is InChI=1S/C14H15N3O/c15-12-14(17(11-5-6-11)13(18)16-12)7-9-3-1-2-4-10(9)8-14/h1-4,11H,5-8H2,(H2,15,16,18). The normalized spacial score (nSPS) is 24.6. The van der Waals surface area contributed by atoms with Gasteiger partial charge in [-0.15, -0.1) is 0 Å². The molecule has 1 aromatic carbocycles. The minimum absolute atomic E-state index is 0.136. The third kappa shape index (κ3) is 1.15. The van der Waals surface area contributed by atoms with Gasteiger partial charge in [-0.05, 0) is 24.0 Å². The Labute approximate surface area is 105 Å². The Bertz CT molecular complexity index is 549. The second-order valence-corrected chi connectivity index (χ2v) is 5.53. The molecule has 4 nitrogen and oxygen atoms in total. The zero-order valence-electron chi connectivity index (χ0n) is 10.1. The molecule has 0 radical (unpaired) electrons. The zero-order valence-corrected chi connectivity index (χ0v) is 10.1. The van der Waals surface area contributed by atoms with Gasteiger partial charge in [0.1, 0.15) is 11.4 Å². The lowest BCUT2D eigenvalue weighted by molar-refractivity contribution is 0.169. The average Bonchev–Trinajstić information content (AvgIpc) is 3.04. The van der Waals surface area contributed by atoms with Crippen molar-refractivity contribution < 1.29 is 4.79 Å². The molecule has 3 aliphatic rings. The number of hydrogen-bond donors (Lipinski definition) is 1. The van der Waals surface area contributed by atoms with Gasteiger partial charge in [0.25, 0.3) is 0 Å². The third-order valence-corrected chi connectivity index (χ3v) is 4.36. The van der Waals surface area contributed by atoms with Crippen LogP contribution in [0.25, 0.3) is 0 Å². The minimum atomic E-state index is -0.359. The van der Waals surface area contributed by atoms with Crippen LogP contribution in [0.5, 0.6) is 0 Å². The van der Waals surface area contributed by atoms with Gasteiger partial charge < -0.3 is 10.6 Å². The molecule has 18 heavy (non-hydrogen) atoms. The van der Waals surface area contributed by atoms with E-state index in [1.54, 1.807) is 0 Å². The van der Waals surface area contributed by atoms with Crippen molar-refractivity contribution in [3.05, 3.63) is 35.4 Å². The number of nitrogens with zero attached hydrogens (tertiary/aromatic N) is 2. The van der Waals surface area contributed by atoms with Gasteiger partial charge in [-0.2, -0.15) is 4.99 Å². The molecule has 2 aliphatic carbocycles. The van der Waals surface area contributed by atoms with Crippen LogP contribution in [0.15, 0.2) is 29.3 Å². The minimum Gasteiger partial charge on any atom is -0.385 e. The second kappa shape index (κ2) is 3.13. The van der Waals surface area contributed by atoms with Crippen molar-refractivity contribution in [1.82, 2.24) is 4.90 Å². The summed E-state index contributed by atoms with van der Waals surface area (Å²) >= 11 is 0. The van der Waals surface area contributed by atoms with Gasteiger partial charge in [-0.1, -0.05) is 24.3 Å². The van der Waals surface area contributed by atoms with Gasteiger partial charge in [0.15, 0.2) is 0 Å². The molecular formula is C14H15N3O. The van der Waals surface area contributed by atoms with Gasteiger partial charge in [0, 0.05) is 18.9 Å². The Morgan fingerprint density at radius 1 is 1.22 bits per heavy atom. The number of carbonyl (C=O) groups is 1. The number of fused-ring (bicyclic) bond motifs is 1.